The van der Waals surface area contributed by atoms with Crippen LogP contribution in [0.3, 0.4) is 0 Å². The Morgan fingerprint density at radius 3 is 1.62 bits per heavy atom. The molecule has 0 aromatic carbocycles. The maximum atomic E-state index is 10.8. The fraction of sp³-hybridized carbons (Fsp3) is 0.368. The van der Waals surface area contributed by atoms with Crippen LogP contribution in [-0.4, -0.2) is 11.6 Å². The minimum absolute atomic E-state index is 0.0370. The second kappa shape index (κ2) is 13.0. The number of hydrogen-bond donors (Lipinski definition) is 0. The van der Waals surface area contributed by atoms with E-state index in [1.807, 2.05) is 0 Å². The predicted octanol–water partition coefficient (Wildman–Crippen LogP) is 5.00. The molecule has 0 fully saturated rings. The van der Waals surface area contributed by atoms with Crippen LogP contribution in [0.1, 0.15) is 40.0 Å². The molecule has 0 amide bonds. The molecule has 0 N–H and O–H groups in total. The van der Waals surface area contributed by atoms with Crippen molar-refractivity contribution < 1.29 is 9.59 Å². The average molecular weight is 288 g/mol. The molecule has 0 heterocycles. The smallest absolute Gasteiger partial charge is 0.183 e. The summed E-state index contributed by atoms with van der Waals surface area (Å²) in [5.41, 5.74) is 1.11. The van der Waals surface area contributed by atoms with Crippen molar-refractivity contribution in [2.75, 3.05) is 0 Å². The van der Waals surface area contributed by atoms with Gasteiger partial charge >= 0.3 is 0 Å². The Morgan fingerprint density at radius 2 is 1.48 bits per heavy atom. The van der Waals surface area contributed by atoms with Gasteiger partial charge in [-0.15, -0.1) is 0 Å². The summed E-state index contributed by atoms with van der Waals surface area (Å²) >= 11 is 0. The second-order valence-electron chi connectivity index (χ2n) is 4.95. The molecule has 116 valence electrons. The molecule has 1 aliphatic carbocycles. The molecule has 0 aliphatic heterocycles. The fourth-order valence-electron chi connectivity index (χ4n) is 1.53. The van der Waals surface area contributed by atoms with Crippen LogP contribution in [0.25, 0.3) is 0 Å². The molecule has 0 saturated carbocycles. The van der Waals surface area contributed by atoms with Crippen LogP contribution in [0.15, 0.2) is 61.8 Å². The van der Waals surface area contributed by atoms with E-state index in [9.17, 15) is 9.59 Å². The lowest BCUT2D eigenvalue weighted by Crippen LogP contribution is -2.11. The molecule has 1 atom stereocenters. The Labute approximate surface area is 129 Å². The third kappa shape index (κ3) is 12.8. The van der Waals surface area contributed by atoms with Gasteiger partial charge in [0.15, 0.2) is 5.78 Å². The lowest BCUT2D eigenvalue weighted by atomic mass is 9.91. The predicted molar refractivity (Wildman–Crippen MR) is 92.2 cm³/mol. The van der Waals surface area contributed by atoms with E-state index in [2.05, 4.69) is 38.5 Å². The zero-order valence-corrected chi connectivity index (χ0v) is 13.7. The lowest BCUT2D eigenvalue weighted by Gasteiger charge is -2.12. The molecule has 2 heteroatoms. The van der Waals surface area contributed by atoms with Crippen molar-refractivity contribution in [1.82, 2.24) is 0 Å². The highest BCUT2D eigenvalue weighted by Gasteiger charge is 2.13. The van der Waals surface area contributed by atoms with Crippen LogP contribution in [0, 0.1) is 5.92 Å². The van der Waals surface area contributed by atoms with E-state index >= 15 is 0 Å². The highest BCUT2D eigenvalue weighted by Crippen LogP contribution is 2.18. The van der Waals surface area contributed by atoms with Gasteiger partial charge in [-0.3, -0.25) is 9.59 Å². The van der Waals surface area contributed by atoms with Crippen LogP contribution >= 0.6 is 0 Å². The van der Waals surface area contributed by atoms with Gasteiger partial charge in [-0.2, -0.15) is 0 Å². The molecule has 21 heavy (non-hydrogen) atoms. The molecule has 0 bridgehead atoms. The molecule has 0 aromatic heterocycles. The topological polar surface area (TPSA) is 34.1 Å². The minimum Gasteiger partial charge on any atom is -0.300 e. The maximum absolute atomic E-state index is 10.8. The van der Waals surface area contributed by atoms with Crippen molar-refractivity contribution >= 4 is 11.6 Å². The quantitative estimate of drug-likeness (QED) is 0.414. The first-order valence-electron chi connectivity index (χ1n) is 7.02. The molecule has 0 radical (unpaired) electrons. The number of carbonyl (C=O) groups excluding carboxylic acids is 2. The van der Waals surface area contributed by atoms with E-state index in [1.54, 1.807) is 32.9 Å². The van der Waals surface area contributed by atoms with Gasteiger partial charge in [-0.05, 0) is 51.2 Å². The SMILES string of the molecule is C=C(C)C(=O)C(=C)C.C=CC=C.CC(=O)C1CC=CCC1. The molecule has 1 unspecified atom stereocenters. The summed E-state index contributed by atoms with van der Waals surface area (Å²) in [6.07, 6.45) is 10.7. The molecule has 0 spiro atoms. The van der Waals surface area contributed by atoms with Gasteiger partial charge in [0.1, 0.15) is 5.78 Å². The van der Waals surface area contributed by atoms with E-state index in [4.69, 9.17) is 0 Å². The van der Waals surface area contributed by atoms with Gasteiger partial charge in [0.25, 0.3) is 0 Å². The Kier molecular flexibility index (Phi) is 13.3. The summed E-state index contributed by atoms with van der Waals surface area (Å²) in [7, 11) is 0. The number of Topliss-reactive ketones (excluding diaryl/α,β-unsaturated/α-hetero) is 2. The lowest BCUT2D eigenvalue weighted by molar-refractivity contribution is -0.120. The van der Waals surface area contributed by atoms with Crippen LogP contribution in [-0.2, 0) is 9.59 Å². The average Bonchev–Trinajstić information content (AvgIpc) is 2.48. The third-order valence-electron chi connectivity index (χ3n) is 2.79. The van der Waals surface area contributed by atoms with Crippen molar-refractivity contribution in [1.29, 1.82) is 0 Å². The van der Waals surface area contributed by atoms with Crippen molar-refractivity contribution in [2.24, 2.45) is 5.92 Å². The zero-order chi connectivity index (χ0) is 16.8. The summed E-state index contributed by atoms with van der Waals surface area (Å²) in [4.78, 5) is 21.4. The Morgan fingerprint density at radius 1 is 1.00 bits per heavy atom. The normalized spacial score (nSPS) is 15.3. The Bertz CT molecular complexity index is 403. The van der Waals surface area contributed by atoms with Crippen molar-refractivity contribution in [3.05, 3.63) is 61.8 Å². The van der Waals surface area contributed by atoms with Crippen molar-refractivity contribution in [3.8, 4) is 0 Å². The van der Waals surface area contributed by atoms with Crippen LogP contribution in [0.4, 0.5) is 0 Å². The first kappa shape index (κ1) is 21.3. The highest BCUT2D eigenvalue weighted by atomic mass is 16.1. The molecule has 1 rings (SSSR count). The minimum atomic E-state index is -0.0370. The molecular formula is C19H28O2. The van der Waals surface area contributed by atoms with Gasteiger partial charge in [-0.1, -0.05) is 50.6 Å². The number of carbonyl (C=O) groups is 2. The summed E-state index contributed by atoms with van der Waals surface area (Å²) in [5.74, 6) is 0.638. The standard InChI is InChI=1S/C8H12O.C7H10O.C4H6/c1-7(9)8-5-3-2-4-6-8;1-5(2)7(8)6(3)4;1-3-4-2/h2-3,8H,4-6H2,1H3;1,3H2,2,4H3;3-4H,1-2H2. The summed E-state index contributed by atoms with van der Waals surface area (Å²) < 4.78 is 0. The first-order valence-corrected chi connectivity index (χ1v) is 7.02. The molecule has 1 aliphatic rings. The number of hydrogen-bond acceptors (Lipinski definition) is 2. The Hall–Kier alpha value is -1.96. The largest absolute Gasteiger partial charge is 0.300 e. The molecule has 0 aromatic rings. The van der Waals surface area contributed by atoms with Gasteiger partial charge < -0.3 is 0 Å². The van der Waals surface area contributed by atoms with E-state index in [0.717, 1.165) is 19.3 Å². The molecule has 0 saturated heterocycles. The summed E-state index contributed by atoms with van der Waals surface area (Å²) in [6, 6.07) is 0. The van der Waals surface area contributed by atoms with Crippen LogP contribution in [0.5, 0.6) is 0 Å². The first-order chi connectivity index (χ1) is 9.77. The van der Waals surface area contributed by atoms with Crippen LogP contribution in [0.2, 0.25) is 0 Å². The summed E-state index contributed by atoms with van der Waals surface area (Å²) in [5, 5.41) is 0. The number of allylic oxidation sites excluding steroid dienone is 6. The van der Waals surface area contributed by atoms with Crippen molar-refractivity contribution in [2.45, 2.75) is 40.0 Å². The summed E-state index contributed by atoms with van der Waals surface area (Å²) in [6.45, 7) is 18.7. The van der Waals surface area contributed by atoms with E-state index < -0.39 is 0 Å². The van der Waals surface area contributed by atoms with Gasteiger partial charge in [-0.25, -0.2) is 0 Å². The maximum Gasteiger partial charge on any atom is 0.183 e. The monoisotopic (exact) mass is 288 g/mol. The van der Waals surface area contributed by atoms with Gasteiger partial charge in [0.2, 0.25) is 0 Å². The highest BCUT2D eigenvalue weighted by molar-refractivity contribution is 6.06. The molecular weight excluding hydrogens is 260 g/mol. The van der Waals surface area contributed by atoms with E-state index in [1.165, 1.54) is 0 Å². The fourth-order valence-corrected chi connectivity index (χ4v) is 1.53. The van der Waals surface area contributed by atoms with Crippen molar-refractivity contribution in [3.63, 3.8) is 0 Å². The third-order valence-corrected chi connectivity index (χ3v) is 2.79. The number of ketones is 2. The Balaban J connectivity index is 0. The zero-order valence-electron chi connectivity index (χ0n) is 13.7. The van der Waals surface area contributed by atoms with E-state index in [-0.39, 0.29) is 5.78 Å². The van der Waals surface area contributed by atoms with Gasteiger partial charge in [0.05, 0.1) is 0 Å². The molecule has 2 nitrogen and oxygen atoms in total. The van der Waals surface area contributed by atoms with Crippen LogP contribution < -0.4 is 0 Å². The second-order valence-corrected chi connectivity index (χ2v) is 4.95. The number of rotatable bonds is 4. The van der Waals surface area contributed by atoms with E-state index in [0.29, 0.717) is 22.8 Å². The van der Waals surface area contributed by atoms with Gasteiger partial charge in [0, 0.05) is 5.92 Å².